The molecule has 1 aromatic rings. The molecule has 0 aliphatic heterocycles. The summed E-state index contributed by atoms with van der Waals surface area (Å²) in [6, 6.07) is 4.98. The van der Waals surface area contributed by atoms with Crippen molar-refractivity contribution in [1.82, 2.24) is 0 Å². The lowest BCUT2D eigenvalue weighted by atomic mass is 9.86. The second-order valence-electron chi connectivity index (χ2n) is 5.29. The van der Waals surface area contributed by atoms with E-state index in [1.54, 1.807) is 18.2 Å². The smallest absolute Gasteiger partial charge is 0.252 e. The molecule has 0 saturated heterocycles. The number of ether oxygens (including phenoxy) is 1. The van der Waals surface area contributed by atoms with E-state index in [9.17, 15) is 4.79 Å². The molecule has 0 unspecified atom stereocenters. The molecule has 0 spiro atoms. The molecule has 4 heteroatoms. The number of carbonyl (C=O) groups excluding carboxylic acids is 1. The van der Waals surface area contributed by atoms with Crippen molar-refractivity contribution in [2.75, 3.05) is 5.73 Å². The zero-order chi connectivity index (χ0) is 13.8. The summed E-state index contributed by atoms with van der Waals surface area (Å²) in [5.41, 5.74) is 12.1. The molecule has 0 aromatic heterocycles. The van der Waals surface area contributed by atoms with Crippen LogP contribution in [0.25, 0.3) is 0 Å². The van der Waals surface area contributed by atoms with Crippen LogP contribution in [0.1, 0.15) is 49.4 Å². The van der Waals surface area contributed by atoms with Crippen molar-refractivity contribution in [3.63, 3.8) is 0 Å². The summed E-state index contributed by atoms with van der Waals surface area (Å²) in [6.07, 6.45) is 5.85. The van der Waals surface area contributed by atoms with Gasteiger partial charge in [-0.3, -0.25) is 4.79 Å². The first-order valence-corrected chi connectivity index (χ1v) is 6.96. The van der Waals surface area contributed by atoms with E-state index in [2.05, 4.69) is 6.92 Å². The van der Waals surface area contributed by atoms with Gasteiger partial charge in [-0.05, 0) is 43.7 Å². The molecule has 1 amide bonds. The maximum atomic E-state index is 11.4. The van der Waals surface area contributed by atoms with Crippen molar-refractivity contribution < 1.29 is 9.53 Å². The Morgan fingerprint density at radius 3 is 2.58 bits per heavy atom. The maximum Gasteiger partial charge on any atom is 0.252 e. The van der Waals surface area contributed by atoms with Crippen molar-refractivity contribution >= 4 is 11.6 Å². The van der Waals surface area contributed by atoms with Crippen molar-refractivity contribution in [3.8, 4) is 5.75 Å². The average Bonchev–Trinajstić information content (AvgIpc) is 2.39. The van der Waals surface area contributed by atoms with Crippen LogP contribution in [0.3, 0.4) is 0 Å². The molecule has 0 radical (unpaired) electrons. The van der Waals surface area contributed by atoms with Crippen LogP contribution in [-0.2, 0) is 0 Å². The van der Waals surface area contributed by atoms with Gasteiger partial charge in [0.05, 0.1) is 11.7 Å². The lowest BCUT2D eigenvalue weighted by molar-refractivity contribution is 0.0981. The lowest BCUT2D eigenvalue weighted by Crippen LogP contribution is -2.25. The second-order valence-corrected chi connectivity index (χ2v) is 5.29. The first kappa shape index (κ1) is 13.7. The number of nitrogens with two attached hydrogens (primary N) is 2. The molecule has 104 valence electrons. The number of amides is 1. The minimum atomic E-state index is -0.475. The second kappa shape index (κ2) is 5.95. The number of nitrogen functional groups attached to an aromatic ring is 1. The summed E-state index contributed by atoms with van der Waals surface area (Å²) in [5, 5.41) is 0. The average molecular weight is 262 g/mol. The molecule has 1 fully saturated rings. The SMILES string of the molecule is CCC1CCC(Oc2cc(N)ccc2C(N)=O)CC1. The van der Waals surface area contributed by atoms with Crippen LogP contribution in [0.15, 0.2) is 18.2 Å². The maximum absolute atomic E-state index is 11.4. The normalized spacial score (nSPS) is 23.0. The number of rotatable bonds is 4. The van der Waals surface area contributed by atoms with E-state index < -0.39 is 5.91 Å². The van der Waals surface area contributed by atoms with E-state index in [-0.39, 0.29) is 6.10 Å². The fourth-order valence-corrected chi connectivity index (χ4v) is 2.68. The van der Waals surface area contributed by atoms with Crippen LogP contribution in [-0.4, -0.2) is 12.0 Å². The number of hydrogen-bond donors (Lipinski definition) is 2. The highest BCUT2D eigenvalue weighted by atomic mass is 16.5. The number of anilines is 1. The highest BCUT2D eigenvalue weighted by molar-refractivity contribution is 5.96. The molecule has 19 heavy (non-hydrogen) atoms. The van der Waals surface area contributed by atoms with E-state index in [1.807, 2.05) is 0 Å². The third-order valence-corrected chi connectivity index (χ3v) is 3.94. The molecule has 1 aliphatic rings. The highest BCUT2D eigenvalue weighted by Crippen LogP contribution is 2.31. The fraction of sp³-hybridized carbons (Fsp3) is 0.533. The van der Waals surface area contributed by atoms with Gasteiger partial charge in [0.1, 0.15) is 5.75 Å². The third-order valence-electron chi connectivity index (χ3n) is 3.94. The summed E-state index contributed by atoms with van der Waals surface area (Å²) in [4.78, 5) is 11.4. The van der Waals surface area contributed by atoms with E-state index >= 15 is 0 Å². The zero-order valence-corrected chi connectivity index (χ0v) is 11.4. The van der Waals surface area contributed by atoms with Gasteiger partial charge in [-0.2, -0.15) is 0 Å². The summed E-state index contributed by atoms with van der Waals surface area (Å²) >= 11 is 0. The van der Waals surface area contributed by atoms with Gasteiger partial charge >= 0.3 is 0 Å². The topological polar surface area (TPSA) is 78.3 Å². The monoisotopic (exact) mass is 262 g/mol. The van der Waals surface area contributed by atoms with Gasteiger partial charge in [0.2, 0.25) is 0 Å². The van der Waals surface area contributed by atoms with Gasteiger partial charge in [-0.1, -0.05) is 13.3 Å². The Kier molecular flexibility index (Phi) is 4.30. The fourth-order valence-electron chi connectivity index (χ4n) is 2.68. The van der Waals surface area contributed by atoms with Gasteiger partial charge in [0.25, 0.3) is 5.91 Å². The lowest BCUT2D eigenvalue weighted by Gasteiger charge is -2.28. The summed E-state index contributed by atoms with van der Waals surface area (Å²) in [7, 11) is 0. The minimum Gasteiger partial charge on any atom is -0.490 e. The molecular weight excluding hydrogens is 240 g/mol. The number of benzene rings is 1. The summed E-state index contributed by atoms with van der Waals surface area (Å²) in [5.74, 6) is 0.862. The molecule has 0 bridgehead atoms. The summed E-state index contributed by atoms with van der Waals surface area (Å²) in [6.45, 7) is 2.23. The Labute approximate surface area is 114 Å². The predicted molar refractivity (Wildman–Crippen MR) is 76.0 cm³/mol. The van der Waals surface area contributed by atoms with E-state index in [4.69, 9.17) is 16.2 Å². The van der Waals surface area contributed by atoms with Crippen LogP contribution in [0.5, 0.6) is 5.75 Å². The van der Waals surface area contributed by atoms with Gasteiger partial charge in [0, 0.05) is 11.8 Å². The molecule has 2 rings (SSSR count). The van der Waals surface area contributed by atoms with Gasteiger partial charge in [-0.15, -0.1) is 0 Å². The van der Waals surface area contributed by atoms with Crippen LogP contribution in [0, 0.1) is 5.92 Å². The standard InChI is InChI=1S/C15H22N2O2/c1-2-10-3-6-12(7-4-10)19-14-9-11(16)5-8-13(14)15(17)18/h5,8-10,12H,2-4,6-7,16H2,1H3,(H2,17,18). The van der Waals surface area contributed by atoms with Crippen LogP contribution < -0.4 is 16.2 Å². The van der Waals surface area contributed by atoms with Crippen LogP contribution in [0.4, 0.5) is 5.69 Å². The zero-order valence-electron chi connectivity index (χ0n) is 11.4. The molecular formula is C15H22N2O2. The van der Waals surface area contributed by atoms with E-state index in [0.29, 0.717) is 17.0 Å². The van der Waals surface area contributed by atoms with Gasteiger partial charge < -0.3 is 16.2 Å². The Balaban J connectivity index is 2.06. The third kappa shape index (κ3) is 3.40. The molecule has 1 aliphatic carbocycles. The Morgan fingerprint density at radius 1 is 1.32 bits per heavy atom. The first-order valence-electron chi connectivity index (χ1n) is 6.96. The highest BCUT2D eigenvalue weighted by Gasteiger charge is 2.22. The molecule has 4 N–H and O–H groups in total. The van der Waals surface area contributed by atoms with Gasteiger partial charge in [0.15, 0.2) is 0 Å². The Morgan fingerprint density at radius 2 is 2.00 bits per heavy atom. The molecule has 1 saturated carbocycles. The number of hydrogen-bond acceptors (Lipinski definition) is 3. The molecule has 1 aromatic carbocycles. The molecule has 4 nitrogen and oxygen atoms in total. The Bertz CT molecular complexity index is 451. The van der Waals surface area contributed by atoms with Crippen LogP contribution in [0.2, 0.25) is 0 Å². The minimum absolute atomic E-state index is 0.169. The first-order chi connectivity index (χ1) is 9.10. The van der Waals surface area contributed by atoms with E-state index in [0.717, 1.165) is 18.8 Å². The van der Waals surface area contributed by atoms with Crippen molar-refractivity contribution in [3.05, 3.63) is 23.8 Å². The van der Waals surface area contributed by atoms with Crippen LogP contribution >= 0.6 is 0 Å². The quantitative estimate of drug-likeness (QED) is 0.819. The largest absolute Gasteiger partial charge is 0.490 e. The number of primary amides is 1. The predicted octanol–water partition coefficient (Wildman–Crippen LogP) is 2.72. The molecule has 0 atom stereocenters. The van der Waals surface area contributed by atoms with Gasteiger partial charge in [-0.25, -0.2) is 0 Å². The van der Waals surface area contributed by atoms with E-state index in [1.165, 1.54) is 19.3 Å². The van der Waals surface area contributed by atoms with Crippen molar-refractivity contribution in [2.24, 2.45) is 11.7 Å². The van der Waals surface area contributed by atoms with Crippen molar-refractivity contribution in [1.29, 1.82) is 0 Å². The summed E-state index contributed by atoms with van der Waals surface area (Å²) < 4.78 is 5.94. The van der Waals surface area contributed by atoms with Crippen molar-refractivity contribution in [2.45, 2.75) is 45.1 Å². The Hall–Kier alpha value is -1.71. The molecule has 0 heterocycles. The number of carbonyl (C=O) groups is 1.